The highest BCUT2D eigenvalue weighted by atomic mass is 16.2. The molecule has 0 bridgehead atoms. The fourth-order valence-corrected chi connectivity index (χ4v) is 2.58. The van der Waals surface area contributed by atoms with Crippen molar-refractivity contribution in [3.05, 3.63) is 30.1 Å². The van der Waals surface area contributed by atoms with Gasteiger partial charge in [0.1, 0.15) is 5.41 Å². The number of aromatic nitrogens is 1. The Morgan fingerprint density at radius 3 is 2.63 bits per heavy atom. The van der Waals surface area contributed by atoms with Gasteiger partial charge >= 0.3 is 0 Å². The number of amides is 1. The summed E-state index contributed by atoms with van der Waals surface area (Å²) in [5.74, 6) is -0.0937. The van der Waals surface area contributed by atoms with Crippen LogP contribution in [0.1, 0.15) is 37.7 Å². The number of carbonyl (C=O) groups is 1. The highest BCUT2D eigenvalue weighted by Gasteiger charge is 2.39. The number of nitrogens with zero attached hydrogens (tertiary/aromatic N) is 2. The van der Waals surface area contributed by atoms with E-state index < -0.39 is 5.41 Å². The van der Waals surface area contributed by atoms with Crippen LogP contribution < -0.4 is 5.32 Å². The molecule has 1 aliphatic carbocycles. The van der Waals surface area contributed by atoms with Gasteiger partial charge in [0.25, 0.3) is 0 Å². The summed E-state index contributed by atoms with van der Waals surface area (Å²) in [5.41, 5.74) is 0.362. The van der Waals surface area contributed by atoms with Crippen LogP contribution in [0.4, 0.5) is 0 Å². The maximum absolute atomic E-state index is 12.2. The summed E-state index contributed by atoms with van der Waals surface area (Å²) >= 11 is 0. The molecule has 0 radical (unpaired) electrons. The van der Waals surface area contributed by atoms with Gasteiger partial charge in [0.15, 0.2) is 0 Å². The van der Waals surface area contributed by atoms with Crippen molar-refractivity contribution < 1.29 is 4.79 Å². The predicted octanol–water partition coefficient (Wildman–Crippen LogP) is 2.21. The second kappa shape index (κ2) is 6.33. The van der Waals surface area contributed by atoms with Gasteiger partial charge in [0.2, 0.25) is 5.91 Å². The Morgan fingerprint density at radius 2 is 2.00 bits per heavy atom. The Bertz CT molecular complexity index is 458. The number of nitrogens with one attached hydrogen (secondary N) is 1. The number of hydrogen-bond acceptors (Lipinski definition) is 3. The Kier molecular flexibility index (Phi) is 4.51. The van der Waals surface area contributed by atoms with E-state index in [1.54, 1.807) is 12.4 Å². The molecule has 2 rings (SSSR count). The third-order valence-electron chi connectivity index (χ3n) is 3.80. The van der Waals surface area contributed by atoms with Gasteiger partial charge in [0, 0.05) is 18.9 Å². The van der Waals surface area contributed by atoms with Crippen molar-refractivity contribution in [2.45, 2.75) is 38.5 Å². The van der Waals surface area contributed by atoms with E-state index >= 15 is 0 Å². The zero-order chi connectivity index (χ0) is 13.6. The first-order valence-corrected chi connectivity index (χ1v) is 6.85. The standard InChI is InChI=1S/C15H19N3O/c16-12-15(7-2-1-3-8-15)14(19)18-11-6-13-4-9-17-10-5-13/h4-5,9-10H,1-3,6-8,11H2,(H,18,19). The molecule has 1 aromatic heterocycles. The predicted molar refractivity (Wildman–Crippen MR) is 72.1 cm³/mol. The minimum absolute atomic E-state index is 0.0937. The molecular formula is C15H19N3O. The molecule has 0 spiro atoms. The smallest absolute Gasteiger partial charge is 0.240 e. The number of nitriles is 1. The summed E-state index contributed by atoms with van der Waals surface area (Å²) in [6.07, 6.45) is 8.75. The van der Waals surface area contributed by atoms with Crippen LogP contribution in [0.5, 0.6) is 0 Å². The molecule has 0 unspecified atom stereocenters. The molecule has 1 heterocycles. The van der Waals surface area contributed by atoms with Crippen molar-refractivity contribution in [1.82, 2.24) is 10.3 Å². The van der Waals surface area contributed by atoms with Crippen molar-refractivity contribution in [1.29, 1.82) is 5.26 Å². The van der Waals surface area contributed by atoms with Crippen molar-refractivity contribution in [2.75, 3.05) is 6.54 Å². The van der Waals surface area contributed by atoms with Gasteiger partial charge in [-0.15, -0.1) is 0 Å². The van der Waals surface area contributed by atoms with E-state index in [0.717, 1.165) is 31.2 Å². The summed E-state index contributed by atoms with van der Waals surface area (Å²) in [6, 6.07) is 6.12. The van der Waals surface area contributed by atoms with E-state index in [-0.39, 0.29) is 5.91 Å². The Labute approximate surface area is 113 Å². The Hall–Kier alpha value is -1.89. The van der Waals surface area contributed by atoms with Gasteiger partial charge in [-0.3, -0.25) is 9.78 Å². The molecule has 1 saturated carbocycles. The summed E-state index contributed by atoms with van der Waals surface area (Å²) in [6.45, 7) is 0.576. The molecule has 1 aromatic rings. The molecule has 19 heavy (non-hydrogen) atoms. The first kappa shape index (κ1) is 13.5. The normalized spacial score (nSPS) is 17.4. The van der Waals surface area contributed by atoms with E-state index in [0.29, 0.717) is 19.4 Å². The number of carbonyl (C=O) groups excluding carboxylic acids is 1. The topological polar surface area (TPSA) is 65.8 Å². The lowest BCUT2D eigenvalue weighted by Crippen LogP contribution is -2.42. The van der Waals surface area contributed by atoms with Gasteiger partial charge in [-0.25, -0.2) is 0 Å². The number of rotatable bonds is 4. The maximum atomic E-state index is 12.2. The van der Waals surface area contributed by atoms with E-state index in [9.17, 15) is 10.1 Å². The monoisotopic (exact) mass is 257 g/mol. The molecule has 1 N–H and O–H groups in total. The minimum atomic E-state index is -0.781. The van der Waals surface area contributed by atoms with Crippen LogP contribution in [0.15, 0.2) is 24.5 Å². The molecule has 0 aromatic carbocycles. The summed E-state index contributed by atoms with van der Waals surface area (Å²) in [4.78, 5) is 16.2. The average Bonchev–Trinajstić information content (AvgIpc) is 2.49. The number of pyridine rings is 1. The third-order valence-corrected chi connectivity index (χ3v) is 3.80. The van der Waals surface area contributed by atoms with E-state index in [1.807, 2.05) is 12.1 Å². The van der Waals surface area contributed by atoms with Gasteiger partial charge in [0.05, 0.1) is 6.07 Å². The number of hydrogen-bond donors (Lipinski definition) is 1. The van der Waals surface area contributed by atoms with Crippen LogP contribution in [0.2, 0.25) is 0 Å². The molecule has 4 heteroatoms. The Balaban J connectivity index is 1.85. The van der Waals surface area contributed by atoms with Crippen LogP contribution in [-0.4, -0.2) is 17.4 Å². The second-order valence-electron chi connectivity index (χ2n) is 5.12. The molecule has 0 atom stereocenters. The van der Waals surface area contributed by atoms with Crippen molar-refractivity contribution in [2.24, 2.45) is 5.41 Å². The quantitative estimate of drug-likeness (QED) is 0.899. The third kappa shape index (κ3) is 3.31. The van der Waals surface area contributed by atoms with Gasteiger partial charge in [-0.1, -0.05) is 19.3 Å². The molecular weight excluding hydrogens is 238 g/mol. The zero-order valence-electron chi connectivity index (χ0n) is 11.1. The molecule has 100 valence electrons. The van der Waals surface area contributed by atoms with Gasteiger partial charge < -0.3 is 5.32 Å². The molecule has 4 nitrogen and oxygen atoms in total. The van der Waals surface area contributed by atoms with Gasteiger partial charge in [-0.2, -0.15) is 5.26 Å². The lowest BCUT2D eigenvalue weighted by Gasteiger charge is -2.29. The molecule has 1 fully saturated rings. The second-order valence-corrected chi connectivity index (χ2v) is 5.12. The molecule has 0 aliphatic heterocycles. The van der Waals surface area contributed by atoms with E-state index in [1.165, 1.54) is 0 Å². The first-order chi connectivity index (χ1) is 9.27. The zero-order valence-corrected chi connectivity index (χ0v) is 11.1. The first-order valence-electron chi connectivity index (χ1n) is 6.85. The van der Waals surface area contributed by atoms with Gasteiger partial charge in [-0.05, 0) is 37.0 Å². The fraction of sp³-hybridized carbons (Fsp3) is 0.533. The van der Waals surface area contributed by atoms with Crippen LogP contribution in [0.25, 0.3) is 0 Å². The Morgan fingerprint density at radius 1 is 1.32 bits per heavy atom. The SMILES string of the molecule is N#CC1(C(=O)NCCc2ccncc2)CCCCC1. The molecule has 1 aliphatic rings. The summed E-state index contributed by atoms with van der Waals surface area (Å²) in [7, 11) is 0. The molecule has 0 saturated heterocycles. The highest BCUT2D eigenvalue weighted by Crippen LogP contribution is 2.35. The van der Waals surface area contributed by atoms with E-state index in [4.69, 9.17) is 0 Å². The lowest BCUT2D eigenvalue weighted by molar-refractivity contribution is -0.129. The summed E-state index contributed by atoms with van der Waals surface area (Å²) < 4.78 is 0. The minimum Gasteiger partial charge on any atom is -0.354 e. The summed E-state index contributed by atoms with van der Waals surface area (Å²) in [5, 5.41) is 12.2. The van der Waals surface area contributed by atoms with E-state index in [2.05, 4.69) is 16.4 Å². The largest absolute Gasteiger partial charge is 0.354 e. The van der Waals surface area contributed by atoms with Crippen LogP contribution in [0.3, 0.4) is 0 Å². The lowest BCUT2D eigenvalue weighted by atomic mass is 9.74. The maximum Gasteiger partial charge on any atom is 0.240 e. The fourth-order valence-electron chi connectivity index (χ4n) is 2.58. The van der Waals surface area contributed by atoms with Crippen LogP contribution in [-0.2, 0) is 11.2 Å². The highest BCUT2D eigenvalue weighted by molar-refractivity contribution is 5.85. The van der Waals surface area contributed by atoms with Crippen LogP contribution >= 0.6 is 0 Å². The van der Waals surface area contributed by atoms with Crippen molar-refractivity contribution in [3.8, 4) is 6.07 Å². The average molecular weight is 257 g/mol. The van der Waals surface area contributed by atoms with Crippen molar-refractivity contribution in [3.63, 3.8) is 0 Å². The van der Waals surface area contributed by atoms with Crippen molar-refractivity contribution >= 4 is 5.91 Å². The molecule has 1 amide bonds. The van der Waals surface area contributed by atoms with Crippen LogP contribution in [0, 0.1) is 16.7 Å².